The van der Waals surface area contributed by atoms with Crippen molar-refractivity contribution >= 4 is 0 Å². The van der Waals surface area contributed by atoms with Crippen LogP contribution in [0.25, 0.3) is 0 Å². The minimum absolute atomic E-state index is 0.0884. The summed E-state index contributed by atoms with van der Waals surface area (Å²) in [5.41, 5.74) is 0.163. The first-order valence-electron chi connectivity index (χ1n) is 7.44. The van der Waals surface area contributed by atoms with Crippen molar-refractivity contribution in [3.63, 3.8) is 0 Å². The standard InChI is InChI=1S/C16H26N2O2/c1-11-7-6-8-16(10-11,20-5)14-17-12(15(2,3)4)9-13(19)18-14/h9,11H,6-8,10H2,1-5H3,(H,17,18,19). The van der Waals surface area contributed by atoms with Crippen LogP contribution in [0.15, 0.2) is 10.9 Å². The predicted octanol–water partition coefficient (Wildman–Crippen LogP) is 3.12. The summed E-state index contributed by atoms with van der Waals surface area (Å²) >= 11 is 0. The van der Waals surface area contributed by atoms with Gasteiger partial charge in [0.25, 0.3) is 5.56 Å². The second-order valence-corrected chi connectivity index (χ2v) is 7.13. The van der Waals surface area contributed by atoms with Crippen molar-refractivity contribution in [3.8, 4) is 0 Å². The predicted molar refractivity (Wildman–Crippen MR) is 79.9 cm³/mol. The number of aromatic amines is 1. The summed E-state index contributed by atoms with van der Waals surface area (Å²) in [6.45, 7) is 8.45. The Kier molecular flexibility index (Phi) is 4.05. The van der Waals surface area contributed by atoms with E-state index in [2.05, 4.69) is 32.7 Å². The van der Waals surface area contributed by atoms with Gasteiger partial charge in [0.05, 0.1) is 5.69 Å². The van der Waals surface area contributed by atoms with Crippen molar-refractivity contribution in [2.24, 2.45) is 5.92 Å². The van der Waals surface area contributed by atoms with E-state index in [1.165, 1.54) is 6.42 Å². The van der Waals surface area contributed by atoms with E-state index in [1.54, 1.807) is 13.2 Å². The van der Waals surface area contributed by atoms with Gasteiger partial charge in [-0.05, 0) is 25.2 Å². The Morgan fingerprint density at radius 3 is 2.70 bits per heavy atom. The molecule has 112 valence electrons. The molecule has 0 bridgehead atoms. The highest BCUT2D eigenvalue weighted by atomic mass is 16.5. The molecule has 1 aromatic heterocycles. The van der Waals surface area contributed by atoms with Gasteiger partial charge < -0.3 is 9.72 Å². The molecule has 0 aromatic carbocycles. The van der Waals surface area contributed by atoms with Crippen molar-refractivity contribution in [1.82, 2.24) is 9.97 Å². The van der Waals surface area contributed by atoms with Gasteiger partial charge >= 0.3 is 0 Å². The Morgan fingerprint density at radius 1 is 1.45 bits per heavy atom. The molecule has 1 N–H and O–H groups in total. The zero-order valence-corrected chi connectivity index (χ0v) is 13.2. The van der Waals surface area contributed by atoms with Crippen LogP contribution in [0.4, 0.5) is 0 Å². The average Bonchev–Trinajstić information content (AvgIpc) is 2.36. The first-order valence-corrected chi connectivity index (χ1v) is 7.44. The minimum Gasteiger partial charge on any atom is -0.370 e. The monoisotopic (exact) mass is 278 g/mol. The van der Waals surface area contributed by atoms with Crippen LogP contribution < -0.4 is 5.56 Å². The maximum Gasteiger partial charge on any atom is 0.251 e. The summed E-state index contributed by atoms with van der Waals surface area (Å²) in [4.78, 5) is 19.6. The van der Waals surface area contributed by atoms with Crippen molar-refractivity contribution in [2.75, 3.05) is 7.11 Å². The molecule has 0 radical (unpaired) electrons. The van der Waals surface area contributed by atoms with Crippen LogP contribution in [-0.2, 0) is 15.8 Å². The van der Waals surface area contributed by atoms with Gasteiger partial charge in [-0.1, -0.05) is 34.1 Å². The fraction of sp³-hybridized carbons (Fsp3) is 0.750. The van der Waals surface area contributed by atoms with E-state index < -0.39 is 5.60 Å². The van der Waals surface area contributed by atoms with Gasteiger partial charge in [-0.2, -0.15) is 0 Å². The molecule has 1 saturated carbocycles. The number of rotatable bonds is 2. The highest BCUT2D eigenvalue weighted by Gasteiger charge is 2.39. The van der Waals surface area contributed by atoms with Crippen LogP contribution in [0.5, 0.6) is 0 Å². The second-order valence-electron chi connectivity index (χ2n) is 7.13. The highest BCUT2D eigenvalue weighted by molar-refractivity contribution is 5.16. The third-order valence-electron chi connectivity index (χ3n) is 4.29. The van der Waals surface area contributed by atoms with E-state index in [1.807, 2.05) is 0 Å². The molecule has 2 unspecified atom stereocenters. The number of nitrogens with one attached hydrogen (secondary N) is 1. The van der Waals surface area contributed by atoms with E-state index in [9.17, 15) is 4.79 Å². The largest absolute Gasteiger partial charge is 0.370 e. The Balaban J connectivity index is 2.50. The molecular formula is C16H26N2O2. The lowest BCUT2D eigenvalue weighted by Gasteiger charge is -2.38. The van der Waals surface area contributed by atoms with Gasteiger partial charge in [0.1, 0.15) is 11.4 Å². The zero-order valence-electron chi connectivity index (χ0n) is 13.2. The lowest BCUT2D eigenvalue weighted by molar-refractivity contribution is -0.0650. The molecule has 1 aliphatic rings. The molecule has 1 fully saturated rings. The quantitative estimate of drug-likeness (QED) is 0.904. The van der Waals surface area contributed by atoms with Gasteiger partial charge in [-0.15, -0.1) is 0 Å². The topological polar surface area (TPSA) is 55.0 Å². The Morgan fingerprint density at radius 2 is 2.15 bits per heavy atom. The van der Waals surface area contributed by atoms with Gasteiger partial charge in [0, 0.05) is 18.6 Å². The fourth-order valence-corrected chi connectivity index (χ4v) is 3.06. The summed E-state index contributed by atoms with van der Waals surface area (Å²) in [5, 5.41) is 0. The number of aromatic nitrogens is 2. The Hall–Kier alpha value is -1.16. The van der Waals surface area contributed by atoms with Crippen LogP contribution in [0.3, 0.4) is 0 Å². The lowest BCUT2D eigenvalue weighted by atomic mass is 9.78. The number of H-pyrrole nitrogens is 1. The van der Waals surface area contributed by atoms with Crippen molar-refractivity contribution in [2.45, 2.75) is 64.4 Å². The van der Waals surface area contributed by atoms with Crippen molar-refractivity contribution < 1.29 is 4.74 Å². The third kappa shape index (κ3) is 2.95. The zero-order chi connectivity index (χ0) is 15.0. The maximum absolute atomic E-state index is 12.0. The van der Waals surface area contributed by atoms with Crippen LogP contribution in [-0.4, -0.2) is 17.1 Å². The number of nitrogens with zero attached hydrogens (tertiary/aromatic N) is 1. The normalized spacial score (nSPS) is 27.6. The minimum atomic E-state index is -0.432. The highest BCUT2D eigenvalue weighted by Crippen LogP contribution is 2.41. The van der Waals surface area contributed by atoms with Crippen LogP contribution in [0.2, 0.25) is 0 Å². The summed E-state index contributed by atoms with van der Waals surface area (Å²) in [6.07, 6.45) is 4.16. The Bertz CT molecular complexity index is 530. The summed E-state index contributed by atoms with van der Waals surface area (Å²) in [5.74, 6) is 1.29. The summed E-state index contributed by atoms with van der Waals surface area (Å²) < 4.78 is 5.83. The van der Waals surface area contributed by atoms with Crippen LogP contribution in [0.1, 0.15) is 64.9 Å². The molecule has 20 heavy (non-hydrogen) atoms. The van der Waals surface area contributed by atoms with E-state index in [4.69, 9.17) is 9.72 Å². The molecule has 2 rings (SSSR count). The van der Waals surface area contributed by atoms with Crippen LogP contribution >= 0.6 is 0 Å². The van der Waals surface area contributed by atoms with Crippen molar-refractivity contribution in [3.05, 3.63) is 27.9 Å². The molecule has 0 aliphatic heterocycles. The van der Waals surface area contributed by atoms with E-state index >= 15 is 0 Å². The molecule has 0 amide bonds. The van der Waals surface area contributed by atoms with Gasteiger partial charge in [-0.25, -0.2) is 4.98 Å². The molecular weight excluding hydrogens is 252 g/mol. The van der Waals surface area contributed by atoms with Gasteiger partial charge in [0.15, 0.2) is 0 Å². The Labute approximate surface area is 121 Å². The number of hydrogen-bond donors (Lipinski definition) is 1. The lowest BCUT2D eigenvalue weighted by Crippen LogP contribution is -2.38. The molecule has 1 aliphatic carbocycles. The molecule has 4 nitrogen and oxygen atoms in total. The summed E-state index contributed by atoms with van der Waals surface area (Å²) in [7, 11) is 1.72. The maximum atomic E-state index is 12.0. The summed E-state index contributed by atoms with van der Waals surface area (Å²) in [6, 6.07) is 1.60. The van der Waals surface area contributed by atoms with Gasteiger partial charge in [-0.3, -0.25) is 4.79 Å². The molecule has 1 heterocycles. The first-order chi connectivity index (χ1) is 9.27. The molecule has 0 spiro atoms. The third-order valence-corrected chi connectivity index (χ3v) is 4.29. The molecule has 1 aromatic rings. The van der Waals surface area contributed by atoms with E-state index in [-0.39, 0.29) is 11.0 Å². The molecule has 2 atom stereocenters. The van der Waals surface area contributed by atoms with E-state index in [0.717, 1.165) is 25.0 Å². The molecule has 0 saturated heterocycles. The first kappa shape index (κ1) is 15.2. The van der Waals surface area contributed by atoms with Gasteiger partial charge in [0.2, 0.25) is 0 Å². The van der Waals surface area contributed by atoms with Crippen LogP contribution in [0, 0.1) is 5.92 Å². The fourth-order valence-electron chi connectivity index (χ4n) is 3.06. The number of hydrogen-bond acceptors (Lipinski definition) is 3. The SMILES string of the molecule is COC1(c2nc(C(C)(C)C)cc(=O)[nH]2)CCCC(C)C1. The number of methoxy groups -OCH3 is 1. The number of ether oxygens (including phenoxy) is 1. The average molecular weight is 278 g/mol. The van der Waals surface area contributed by atoms with E-state index in [0.29, 0.717) is 11.7 Å². The smallest absolute Gasteiger partial charge is 0.251 e. The second kappa shape index (κ2) is 5.32. The van der Waals surface area contributed by atoms with Crippen molar-refractivity contribution in [1.29, 1.82) is 0 Å². The molecule has 4 heteroatoms.